The zero-order valence-corrected chi connectivity index (χ0v) is 17.8. The van der Waals surface area contributed by atoms with Crippen molar-refractivity contribution < 1.29 is 14.3 Å². The Morgan fingerprint density at radius 3 is 2.72 bits per heavy atom. The second kappa shape index (κ2) is 7.81. The molecule has 1 N–H and O–H groups in total. The van der Waals surface area contributed by atoms with Crippen LogP contribution in [-0.2, 0) is 4.79 Å². The zero-order valence-electron chi connectivity index (χ0n) is 15.4. The SMILES string of the molecule is C=C1c2ccccc2C(=O)N1CC(=O)Nc1nc(-c2ccc(OC)c(Br)c2)cs1. The number of hydrogen-bond donors (Lipinski definition) is 1. The predicted octanol–water partition coefficient (Wildman–Crippen LogP) is 4.65. The van der Waals surface area contributed by atoms with Gasteiger partial charge in [0.15, 0.2) is 5.13 Å². The van der Waals surface area contributed by atoms with Crippen molar-refractivity contribution in [3.63, 3.8) is 0 Å². The molecular formula is C21H16BrN3O3S. The Morgan fingerprint density at radius 1 is 1.28 bits per heavy atom. The predicted molar refractivity (Wildman–Crippen MR) is 117 cm³/mol. The van der Waals surface area contributed by atoms with Crippen molar-refractivity contribution >= 4 is 49.9 Å². The standard InChI is InChI=1S/C21H16BrN3O3S/c1-12-14-5-3-4-6-15(14)20(27)25(12)10-19(26)24-21-23-17(11-29-21)13-7-8-18(28-2)16(22)9-13/h3-9,11H,1,10H2,2H3,(H,23,24,26). The number of aromatic nitrogens is 1. The van der Waals surface area contributed by atoms with Crippen LogP contribution < -0.4 is 10.1 Å². The molecule has 3 aromatic rings. The monoisotopic (exact) mass is 469 g/mol. The maximum atomic E-state index is 12.5. The molecule has 0 atom stereocenters. The summed E-state index contributed by atoms with van der Waals surface area (Å²) in [5.74, 6) is 0.182. The maximum absolute atomic E-state index is 12.5. The third-order valence-electron chi connectivity index (χ3n) is 4.54. The fraction of sp³-hybridized carbons (Fsp3) is 0.0952. The van der Waals surface area contributed by atoms with E-state index < -0.39 is 0 Å². The summed E-state index contributed by atoms with van der Waals surface area (Å²) in [6.45, 7) is 3.84. The quantitative estimate of drug-likeness (QED) is 0.590. The number of thiazole rings is 1. The Kier molecular flexibility index (Phi) is 5.21. The minimum absolute atomic E-state index is 0.116. The minimum atomic E-state index is -0.330. The van der Waals surface area contributed by atoms with Gasteiger partial charge >= 0.3 is 0 Å². The smallest absolute Gasteiger partial charge is 0.259 e. The van der Waals surface area contributed by atoms with Gasteiger partial charge < -0.3 is 10.1 Å². The molecule has 8 heteroatoms. The number of carbonyl (C=O) groups excluding carboxylic acids is 2. The second-order valence-corrected chi connectivity index (χ2v) is 8.03. The Bertz CT molecular complexity index is 1110. The van der Waals surface area contributed by atoms with Crippen LogP contribution in [0.4, 0.5) is 5.13 Å². The molecule has 2 heterocycles. The third kappa shape index (κ3) is 3.68. The van der Waals surface area contributed by atoms with Gasteiger partial charge in [0, 0.05) is 27.8 Å². The lowest BCUT2D eigenvalue weighted by Crippen LogP contribution is -2.32. The van der Waals surface area contributed by atoms with Crippen LogP contribution >= 0.6 is 27.3 Å². The van der Waals surface area contributed by atoms with Crippen LogP contribution in [0, 0.1) is 0 Å². The van der Waals surface area contributed by atoms with E-state index in [2.05, 4.69) is 32.8 Å². The maximum Gasteiger partial charge on any atom is 0.259 e. The van der Waals surface area contributed by atoms with Crippen molar-refractivity contribution in [2.24, 2.45) is 0 Å². The van der Waals surface area contributed by atoms with Gasteiger partial charge in [-0.05, 0) is 40.2 Å². The van der Waals surface area contributed by atoms with E-state index in [9.17, 15) is 9.59 Å². The zero-order chi connectivity index (χ0) is 20.5. The molecule has 1 aliphatic heterocycles. The van der Waals surface area contributed by atoms with E-state index in [4.69, 9.17) is 4.74 Å². The van der Waals surface area contributed by atoms with E-state index in [1.165, 1.54) is 16.2 Å². The van der Waals surface area contributed by atoms with Gasteiger partial charge in [-0.1, -0.05) is 24.8 Å². The number of methoxy groups -OCH3 is 1. The van der Waals surface area contributed by atoms with Crippen LogP contribution in [0.25, 0.3) is 17.0 Å². The first-order chi connectivity index (χ1) is 14.0. The number of benzene rings is 2. The third-order valence-corrected chi connectivity index (χ3v) is 5.92. The van der Waals surface area contributed by atoms with Gasteiger partial charge in [0.25, 0.3) is 5.91 Å². The number of nitrogens with one attached hydrogen (secondary N) is 1. The Balaban J connectivity index is 1.45. The van der Waals surface area contributed by atoms with Gasteiger partial charge in [-0.25, -0.2) is 4.98 Å². The molecule has 0 aliphatic carbocycles. The summed E-state index contributed by atoms with van der Waals surface area (Å²) in [5, 5.41) is 5.09. The molecule has 0 spiro atoms. The summed E-state index contributed by atoms with van der Waals surface area (Å²) < 4.78 is 6.06. The van der Waals surface area contributed by atoms with Crippen molar-refractivity contribution in [2.75, 3.05) is 19.0 Å². The average Bonchev–Trinajstić information content (AvgIpc) is 3.27. The van der Waals surface area contributed by atoms with Crippen LogP contribution in [0.3, 0.4) is 0 Å². The largest absolute Gasteiger partial charge is 0.496 e. The lowest BCUT2D eigenvalue weighted by molar-refractivity contribution is -0.116. The van der Waals surface area contributed by atoms with Gasteiger partial charge in [-0.2, -0.15) is 0 Å². The van der Waals surface area contributed by atoms with Crippen molar-refractivity contribution in [1.82, 2.24) is 9.88 Å². The highest BCUT2D eigenvalue weighted by atomic mass is 79.9. The van der Waals surface area contributed by atoms with Crippen LogP contribution in [0.1, 0.15) is 15.9 Å². The lowest BCUT2D eigenvalue weighted by Gasteiger charge is -2.16. The van der Waals surface area contributed by atoms with Gasteiger partial charge in [0.1, 0.15) is 12.3 Å². The number of nitrogens with zero attached hydrogens (tertiary/aromatic N) is 2. The second-order valence-electron chi connectivity index (χ2n) is 6.32. The summed E-state index contributed by atoms with van der Waals surface area (Å²) in [5.41, 5.74) is 3.48. The van der Waals surface area contributed by atoms with Gasteiger partial charge in [0.2, 0.25) is 5.91 Å². The molecule has 2 aromatic carbocycles. The summed E-state index contributed by atoms with van der Waals surface area (Å²) in [6.07, 6.45) is 0. The van der Waals surface area contributed by atoms with E-state index in [1.807, 2.05) is 35.7 Å². The molecule has 0 bridgehead atoms. The first-order valence-electron chi connectivity index (χ1n) is 8.67. The van der Waals surface area contributed by atoms with Crippen molar-refractivity contribution in [3.05, 3.63) is 70.0 Å². The van der Waals surface area contributed by atoms with Crippen LogP contribution in [-0.4, -0.2) is 35.4 Å². The molecule has 4 rings (SSSR count). The molecule has 0 saturated heterocycles. The summed E-state index contributed by atoms with van der Waals surface area (Å²) >= 11 is 4.78. The average molecular weight is 470 g/mol. The minimum Gasteiger partial charge on any atom is -0.496 e. The van der Waals surface area contributed by atoms with E-state index in [0.29, 0.717) is 16.4 Å². The van der Waals surface area contributed by atoms with Crippen molar-refractivity contribution in [1.29, 1.82) is 0 Å². The Morgan fingerprint density at radius 2 is 2.03 bits per heavy atom. The number of carbonyl (C=O) groups is 2. The first kappa shape index (κ1) is 19.4. The van der Waals surface area contributed by atoms with Crippen LogP contribution in [0.5, 0.6) is 5.75 Å². The van der Waals surface area contributed by atoms with E-state index in [1.54, 1.807) is 19.2 Å². The molecule has 0 radical (unpaired) electrons. The topological polar surface area (TPSA) is 71.5 Å². The molecule has 0 unspecified atom stereocenters. The summed E-state index contributed by atoms with van der Waals surface area (Å²) in [6, 6.07) is 12.9. The van der Waals surface area contributed by atoms with Crippen molar-refractivity contribution in [2.45, 2.75) is 0 Å². The number of rotatable bonds is 5. The number of anilines is 1. The number of fused-ring (bicyclic) bond motifs is 1. The molecule has 29 heavy (non-hydrogen) atoms. The highest BCUT2D eigenvalue weighted by Gasteiger charge is 2.32. The van der Waals surface area contributed by atoms with E-state index >= 15 is 0 Å². The highest BCUT2D eigenvalue weighted by Crippen LogP contribution is 2.33. The molecule has 146 valence electrons. The van der Waals surface area contributed by atoms with Crippen LogP contribution in [0.2, 0.25) is 0 Å². The molecule has 0 saturated carbocycles. The number of hydrogen-bond acceptors (Lipinski definition) is 5. The van der Waals surface area contributed by atoms with Crippen LogP contribution in [0.15, 0.2) is 58.9 Å². The molecule has 2 amide bonds. The lowest BCUT2D eigenvalue weighted by atomic mass is 10.1. The van der Waals surface area contributed by atoms with Crippen molar-refractivity contribution in [3.8, 4) is 17.0 Å². The number of amides is 2. The Hall–Kier alpha value is -2.97. The summed E-state index contributed by atoms with van der Waals surface area (Å²) in [7, 11) is 1.61. The van der Waals surface area contributed by atoms with E-state index in [-0.39, 0.29) is 18.4 Å². The summed E-state index contributed by atoms with van der Waals surface area (Å²) in [4.78, 5) is 30.9. The van der Waals surface area contributed by atoms with E-state index in [0.717, 1.165) is 27.0 Å². The fourth-order valence-electron chi connectivity index (χ4n) is 3.09. The number of ether oxygens (including phenoxy) is 1. The fourth-order valence-corrected chi connectivity index (χ4v) is 4.37. The number of halogens is 1. The van der Waals surface area contributed by atoms with Gasteiger partial charge in [-0.15, -0.1) is 11.3 Å². The molecule has 1 aliphatic rings. The molecular weight excluding hydrogens is 454 g/mol. The van der Waals surface area contributed by atoms with Gasteiger partial charge in [-0.3, -0.25) is 14.5 Å². The molecule has 1 aromatic heterocycles. The molecule has 0 fully saturated rings. The Labute approximate surface area is 180 Å². The molecule has 6 nitrogen and oxygen atoms in total. The normalized spacial score (nSPS) is 12.8. The van der Waals surface area contributed by atoms with Gasteiger partial charge in [0.05, 0.1) is 17.3 Å². The first-order valence-corrected chi connectivity index (χ1v) is 10.3. The highest BCUT2D eigenvalue weighted by molar-refractivity contribution is 9.10.